The van der Waals surface area contributed by atoms with Crippen molar-refractivity contribution in [3.8, 4) is 28.8 Å². The summed E-state index contributed by atoms with van der Waals surface area (Å²) >= 11 is 9.19. The monoisotopic (exact) mass is 1230 g/mol. The van der Waals surface area contributed by atoms with Gasteiger partial charge in [-0.2, -0.15) is 26.6 Å². The van der Waals surface area contributed by atoms with E-state index in [0.717, 1.165) is 24.3 Å². The van der Waals surface area contributed by atoms with Gasteiger partial charge in [0.25, 0.3) is 25.9 Å². The van der Waals surface area contributed by atoms with Crippen molar-refractivity contribution in [1.82, 2.24) is 24.7 Å². The van der Waals surface area contributed by atoms with Crippen LogP contribution in [0.1, 0.15) is 34.0 Å². The molecule has 7 aromatic carbocycles. The molecule has 9 rings (SSSR count). The Kier molecular flexibility index (Phi) is 17.8. The van der Waals surface area contributed by atoms with Gasteiger partial charge in [0, 0.05) is 71.0 Å². The van der Waals surface area contributed by atoms with Gasteiger partial charge in [-0.3, -0.25) is 24.0 Å². The second-order valence-corrected chi connectivity index (χ2v) is 20.9. The Morgan fingerprint density at radius 3 is 1.99 bits per heavy atom. The second kappa shape index (κ2) is 24.1. The third-order valence-electron chi connectivity index (χ3n) is 11.5. The second-order valence-electron chi connectivity index (χ2n) is 16.8. The van der Waals surface area contributed by atoms with Crippen molar-refractivity contribution in [2.24, 2.45) is 20.5 Å². The first kappa shape index (κ1) is 58.3. The van der Waals surface area contributed by atoms with Crippen LogP contribution < -0.4 is 0 Å². The Balaban J connectivity index is 0.000000250. The fraction of sp³-hybridized carbons (Fsp3) is 0.0784. The van der Waals surface area contributed by atoms with Crippen LogP contribution >= 0.6 is 27.5 Å². The van der Waals surface area contributed by atoms with Crippen molar-refractivity contribution in [1.29, 1.82) is 0 Å². The van der Waals surface area contributed by atoms with E-state index in [0.29, 0.717) is 33.3 Å². The summed E-state index contributed by atoms with van der Waals surface area (Å²) in [5.41, 5.74) is 1.87. The summed E-state index contributed by atoms with van der Waals surface area (Å²) < 4.78 is 68.5. The summed E-state index contributed by atoms with van der Waals surface area (Å²) in [6.07, 6.45) is -0.154. The van der Waals surface area contributed by atoms with E-state index in [-0.39, 0.29) is 126 Å². The van der Waals surface area contributed by atoms with E-state index < -0.39 is 40.7 Å². The summed E-state index contributed by atoms with van der Waals surface area (Å²) in [4.78, 5) is 34.4. The molecular formula is C51H38BrClCrN10O13S2. The molecule has 0 amide bonds. The van der Waals surface area contributed by atoms with Crippen molar-refractivity contribution in [2.45, 2.75) is 36.0 Å². The number of ketones is 1. The maximum Gasteiger partial charge on any atom is 0.295 e. The van der Waals surface area contributed by atoms with E-state index in [2.05, 4.69) is 63.0 Å². The summed E-state index contributed by atoms with van der Waals surface area (Å²) in [5.74, 6) is -1.31. The summed E-state index contributed by atoms with van der Waals surface area (Å²) in [6.45, 7) is 5.16. The number of hydrogen-bond acceptors (Lipinski definition) is 19. The molecule has 0 atom stereocenters. The van der Waals surface area contributed by atoms with Crippen molar-refractivity contribution in [2.75, 3.05) is 0 Å². The number of Topliss-reactive ketones (excluding diaryl/α,β-unsaturated/α-hetero) is 1. The smallest absolute Gasteiger partial charge is 0.295 e. The van der Waals surface area contributed by atoms with Crippen LogP contribution in [0.4, 0.5) is 28.4 Å². The van der Waals surface area contributed by atoms with Crippen molar-refractivity contribution < 1.29 is 73.4 Å². The molecule has 0 unspecified atom stereocenters. The molecule has 79 heavy (non-hydrogen) atoms. The molecule has 402 valence electrons. The summed E-state index contributed by atoms with van der Waals surface area (Å²) in [7, 11) is -9.25. The largest absolute Gasteiger partial charge is 0.506 e. The number of phenols is 3. The number of aryl methyl sites for hydroxylation is 1. The number of aromatic nitrogens is 5. The minimum atomic E-state index is -4.68. The summed E-state index contributed by atoms with van der Waals surface area (Å²) in [5, 5.41) is 74.5. The molecule has 0 spiro atoms. The number of nitro groups is 1. The molecule has 6 N–H and O–H groups in total. The number of rotatable bonds is 15. The molecule has 0 aliphatic carbocycles. The average Bonchev–Trinajstić information content (AvgIpc) is 3.75. The zero-order valence-corrected chi connectivity index (χ0v) is 45.7. The number of azo groups is 2. The number of phenolic OH excluding ortho intramolecular Hbond substituents is 3. The van der Waals surface area contributed by atoms with Gasteiger partial charge in [-0.15, -0.1) is 20.5 Å². The van der Waals surface area contributed by atoms with Crippen LogP contribution in [0.25, 0.3) is 27.2 Å². The molecule has 0 saturated carbocycles. The fourth-order valence-corrected chi connectivity index (χ4v) is 9.60. The molecular weight excluding hydrogens is 1190 g/mol. The standard InChI is InChI=1S/C31H22BrClN6O8S.C20H16N4O5S.Cr/c1-16(32)26(41)11-18-3-5-20(27(12-18)48(45,46)47)14-29-34-28(35-31(33)36-29)13-17-2-4-19-6-8-23(30(42)22(19)10-17)37-38-24-15-21(39(43)44)7-9-25(24)40;1-12-18(20(26)24(23-12)13-7-3-2-4-8-13)21-22-19-15-10-6-5-9-14(15)17(11-16(19)25)30(27,28)29;/h2-10,12,15,40,42H,1,11,13-14H2,(H,45,46,47);2-11,25-26H,1H3,(H,27,28,29);. The van der Waals surface area contributed by atoms with E-state index in [1.807, 2.05) is 6.07 Å². The Morgan fingerprint density at radius 1 is 0.696 bits per heavy atom. The fourth-order valence-electron chi connectivity index (χ4n) is 7.77. The minimum Gasteiger partial charge on any atom is -0.506 e. The van der Waals surface area contributed by atoms with E-state index in [9.17, 15) is 61.3 Å². The quantitative estimate of drug-likeness (QED) is 0.0183. The predicted octanol–water partition coefficient (Wildman–Crippen LogP) is 11.3. The molecule has 0 bridgehead atoms. The van der Waals surface area contributed by atoms with Gasteiger partial charge in [-0.05, 0) is 92.9 Å². The number of carbonyl (C=O) groups excluding carboxylic acids is 1. The predicted molar refractivity (Wildman–Crippen MR) is 288 cm³/mol. The molecule has 0 aliphatic heterocycles. The number of benzene rings is 7. The third-order valence-corrected chi connectivity index (χ3v) is 13.9. The number of carbonyl (C=O) groups is 1. The first-order chi connectivity index (χ1) is 36.9. The molecule has 0 fully saturated rings. The number of fused-ring (bicyclic) bond motifs is 2. The van der Waals surface area contributed by atoms with Gasteiger partial charge in [-0.25, -0.2) is 15.0 Å². The number of halogens is 2. The minimum absolute atomic E-state index is 0. The van der Waals surface area contributed by atoms with Crippen LogP contribution in [0.15, 0.2) is 169 Å². The normalized spacial score (nSPS) is 11.7. The Hall–Kier alpha value is -8.39. The molecule has 2 heterocycles. The van der Waals surface area contributed by atoms with Crippen LogP contribution in [0, 0.1) is 17.0 Å². The van der Waals surface area contributed by atoms with Crippen LogP contribution in [-0.4, -0.2) is 81.8 Å². The van der Waals surface area contributed by atoms with E-state index in [1.165, 1.54) is 35.0 Å². The van der Waals surface area contributed by atoms with Gasteiger partial charge >= 0.3 is 0 Å². The van der Waals surface area contributed by atoms with Crippen LogP contribution in [-0.2, 0) is 61.7 Å². The number of aromatic hydroxyl groups is 4. The maximum atomic E-state index is 12.2. The van der Waals surface area contributed by atoms with E-state index >= 15 is 0 Å². The number of allylic oxidation sites excluding steroid dienone is 1. The zero-order chi connectivity index (χ0) is 56.2. The van der Waals surface area contributed by atoms with E-state index in [4.69, 9.17) is 11.6 Å². The van der Waals surface area contributed by atoms with Gasteiger partial charge in [0.2, 0.25) is 11.2 Å². The maximum absolute atomic E-state index is 12.2. The van der Waals surface area contributed by atoms with E-state index in [1.54, 1.807) is 73.7 Å². The Bertz CT molecular complexity index is 4210. The first-order valence-electron chi connectivity index (χ1n) is 22.4. The summed E-state index contributed by atoms with van der Waals surface area (Å²) in [6, 6.07) is 32.0. The van der Waals surface area contributed by atoms with Gasteiger partial charge in [0.15, 0.2) is 17.2 Å². The van der Waals surface area contributed by atoms with Gasteiger partial charge in [-0.1, -0.05) is 79.4 Å². The molecule has 9 aromatic rings. The Labute approximate surface area is 471 Å². The van der Waals surface area contributed by atoms with Gasteiger partial charge in [0.05, 0.1) is 25.7 Å². The van der Waals surface area contributed by atoms with Crippen LogP contribution in [0.3, 0.4) is 0 Å². The topological polar surface area (TPSA) is 356 Å². The Morgan fingerprint density at radius 2 is 1.32 bits per heavy atom. The molecule has 23 nitrogen and oxygen atoms in total. The molecule has 0 radical (unpaired) electrons. The number of hydrogen-bond donors (Lipinski definition) is 6. The van der Waals surface area contributed by atoms with Crippen LogP contribution in [0.5, 0.6) is 23.1 Å². The number of nitro benzene ring substituents is 1. The van der Waals surface area contributed by atoms with Crippen LogP contribution in [0.2, 0.25) is 5.28 Å². The van der Waals surface area contributed by atoms with Crippen molar-refractivity contribution in [3.63, 3.8) is 0 Å². The first-order valence-corrected chi connectivity index (χ1v) is 26.5. The molecule has 0 saturated heterocycles. The van der Waals surface area contributed by atoms with Crippen molar-refractivity contribution in [3.05, 3.63) is 188 Å². The average molecular weight is 1230 g/mol. The number of non-ortho nitro benzene ring substituents is 1. The molecule has 28 heteroatoms. The number of para-hydroxylation sites is 1. The SMILES string of the molecule is C=C(Br)C(=O)Cc1ccc(Cc2nc(Cl)nc(Cc3ccc4ccc(N=Nc5cc([N+](=O)[O-])ccc5O)c(O)c4c3)n2)c(S(=O)(=O)O)c1.Cc1nn(-c2ccccc2)c(O)c1N=Nc1c(O)cc(S(=O)(=O)O)c2ccccc12.[Cr]. The van der Waals surface area contributed by atoms with Gasteiger partial charge < -0.3 is 20.4 Å². The molecule has 0 aliphatic rings. The number of nitrogens with zero attached hydrogens (tertiary/aromatic N) is 10. The molecule has 2 aromatic heterocycles. The van der Waals surface area contributed by atoms with Gasteiger partial charge in [0.1, 0.15) is 45.1 Å². The zero-order valence-electron chi connectivity index (χ0n) is 40.4. The third kappa shape index (κ3) is 13.7. The van der Waals surface area contributed by atoms with Crippen molar-refractivity contribution >= 4 is 104 Å².